The lowest BCUT2D eigenvalue weighted by atomic mass is 10.0. The van der Waals surface area contributed by atoms with Gasteiger partial charge in [0.25, 0.3) is 5.91 Å². The van der Waals surface area contributed by atoms with Crippen molar-refractivity contribution >= 4 is 11.8 Å². The topological polar surface area (TPSA) is 113 Å². The van der Waals surface area contributed by atoms with E-state index in [2.05, 4.69) is 30.8 Å². The van der Waals surface area contributed by atoms with E-state index < -0.39 is 0 Å². The Hall–Kier alpha value is -3.55. The Kier molecular flexibility index (Phi) is 4.61. The van der Waals surface area contributed by atoms with Gasteiger partial charge in [-0.15, -0.1) is 0 Å². The summed E-state index contributed by atoms with van der Waals surface area (Å²) < 4.78 is 0. The Morgan fingerprint density at radius 1 is 1.15 bits per heavy atom. The lowest BCUT2D eigenvalue weighted by molar-refractivity contribution is -0.121. The average molecular weight is 362 g/mol. The molecule has 0 spiro atoms. The summed E-state index contributed by atoms with van der Waals surface area (Å²) in [5.74, 6) is 1.05. The van der Waals surface area contributed by atoms with E-state index in [0.29, 0.717) is 30.2 Å². The molecule has 2 aromatic heterocycles. The molecule has 1 atom stereocenters. The van der Waals surface area contributed by atoms with Crippen LogP contribution in [0.2, 0.25) is 0 Å². The quantitative estimate of drug-likeness (QED) is 0.613. The smallest absolute Gasteiger partial charge is 0.252 e. The largest absolute Gasteiger partial charge is 0.356 e. The Balaban J connectivity index is 1.28. The van der Waals surface area contributed by atoms with Crippen LogP contribution in [0.25, 0.3) is 11.4 Å². The minimum absolute atomic E-state index is 0.120. The van der Waals surface area contributed by atoms with Crippen LogP contribution in [0.4, 0.5) is 0 Å². The first-order chi connectivity index (χ1) is 13.2. The molecule has 8 heteroatoms. The number of rotatable bonds is 6. The summed E-state index contributed by atoms with van der Waals surface area (Å²) in [6.07, 6.45) is 4.12. The van der Waals surface area contributed by atoms with E-state index in [9.17, 15) is 9.59 Å². The van der Waals surface area contributed by atoms with Gasteiger partial charge in [0, 0.05) is 36.5 Å². The summed E-state index contributed by atoms with van der Waals surface area (Å²) in [7, 11) is 0. The number of aromatic nitrogens is 4. The molecule has 3 aromatic rings. The maximum absolute atomic E-state index is 12.2. The molecule has 0 bridgehead atoms. The summed E-state index contributed by atoms with van der Waals surface area (Å²) in [6, 6.07) is 10.7. The third-order valence-corrected chi connectivity index (χ3v) is 4.43. The number of fused-ring (bicyclic) bond motifs is 1. The van der Waals surface area contributed by atoms with E-state index in [1.807, 2.05) is 30.3 Å². The first-order valence-electron chi connectivity index (χ1n) is 8.69. The van der Waals surface area contributed by atoms with E-state index in [-0.39, 0.29) is 24.3 Å². The normalized spacial score (nSPS) is 15.3. The molecule has 8 nitrogen and oxygen atoms in total. The van der Waals surface area contributed by atoms with Crippen LogP contribution in [-0.2, 0) is 11.2 Å². The maximum Gasteiger partial charge on any atom is 0.252 e. The zero-order chi connectivity index (χ0) is 18.6. The van der Waals surface area contributed by atoms with Crippen LogP contribution < -0.4 is 10.6 Å². The van der Waals surface area contributed by atoms with Gasteiger partial charge in [0.1, 0.15) is 5.82 Å². The number of pyridine rings is 1. The number of amides is 2. The minimum Gasteiger partial charge on any atom is -0.356 e. The van der Waals surface area contributed by atoms with Gasteiger partial charge in [-0.1, -0.05) is 18.2 Å². The van der Waals surface area contributed by atoms with Crippen molar-refractivity contribution in [3.05, 3.63) is 65.7 Å². The Labute approximate surface area is 155 Å². The van der Waals surface area contributed by atoms with E-state index in [1.54, 1.807) is 18.5 Å². The van der Waals surface area contributed by atoms with Gasteiger partial charge in [-0.2, -0.15) is 5.10 Å². The third kappa shape index (κ3) is 3.69. The molecule has 0 fully saturated rings. The molecule has 3 N–H and O–H groups in total. The highest BCUT2D eigenvalue weighted by Gasteiger charge is 2.29. The zero-order valence-electron chi connectivity index (χ0n) is 14.5. The molecule has 27 heavy (non-hydrogen) atoms. The standard InChI is InChI=1S/C19H18N6O2/c26-17(11-15-13-3-1-2-4-14(13)19(27)22-15)21-10-7-16-23-18(25-24-16)12-5-8-20-9-6-12/h1-6,8-9,15H,7,10-11H2,(H,21,26)(H,22,27)(H,23,24,25)/t15-/m1/s1. The SMILES string of the molecule is O=C(C[C@H]1NC(=O)c2ccccc21)NCCc1nc(-c2ccncc2)n[nH]1. The number of hydrogen-bond acceptors (Lipinski definition) is 5. The molecular weight excluding hydrogens is 344 g/mol. The van der Waals surface area contributed by atoms with Gasteiger partial charge in [0.05, 0.1) is 12.5 Å². The van der Waals surface area contributed by atoms with Crippen LogP contribution in [0.15, 0.2) is 48.8 Å². The van der Waals surface area contributed by atoms with E-state index in [0.717, 1.165) is 11.1 Å². The molecule has 1 aromatic carbocycles. The fraction of sp³-hybridized carbons (Fsp3) is 0.211. The van der Waals surface area contributed by atoms with Crippen molar-refractivity contribution in [2.24, 2.45) is 0 Å². The van der Waals surface area contributed by atoms with Crippen molar-refractivity contribution in [2.75, 3.05) is 6.54 Å². The summed E-state index contributed by atoms with van der Waals surface area (Å²) in [6.45, 7) is 0.437. The number of aromatic amines is 1. The summed E-state index contributed by atoms with van der Waals surface area (Å²) in [5.41, 5.74) is 2.39. The molecule has 0 aliphatic carbocycles. The fourth-order valence-electron chi connectivity index (χ4n) is 3.10. The molecule has 0 unspecified atom stereocenters. The number of carbonyl (C=O) groups excluding carboxylic acids is 2. The predicted molar refractivity (Wildman–Crippen MR) is 97.6 cm³/mol. The number of H-pyrrole nitrogens is 1. The van der Waals surface area contributed by atoms with Crippen molar-refractivity contribution in [1.29, 1.82) is 0 Å². The Bertz CT molecular complexity index is 969. The van der Waals surface area contributed by atoms with Crippen LogP contribution in [0.1, 0.15) is 34.2 Å². The van der Waals surface area contributed by atoms with Crippen molar-refractivity contribution < 1.29 is 9.59 Å². The fourth-order valence-corrected chi connectivity index (χ4v) is 3.10. The number of nitrogens with zero attached hydrogens (tertiary/aromatic N) is 3. The maximum atomic E-state index is 12.2. The summed E-state index contributed by atoms with van der Waals surface area (Å²) >= 11 is 0. The van der Waals surface area contributed by atoms with Crippen molar-refractivity contribution in [3.8, 4) is 11.4 Å². The van der Waals surface area contributed by atoms with Gasteiger partial charge in [0.15, 0.2) is 5.82 Å². The van der Waals surface area contributed by atoms with Gasteiger partial charge in [-0.3, -0.25) is 19.7 Å². The second kappa shape index (κ2) is 7.36. The van der Waals surface area contributed by atoms with Gasteiger partial charge in [-0.25, -0.2) is 4.98 Å². The summed E-state index contributed by atoms with van der Waals surface area (Å²) in [4.78, 5) is 32.5. The predicted octanol–water partition coefficient (Wildman–Crippen LogP) is 1.40. The van der Waals surface area contributed by atoms with Crippen LogP contribution in [0.3, 0.4) is 0 Å². The number of hydrogen-bond donors (Lipinski definition) is 3. The van der Waals surface area contributed by atoms with Crippen LogP contribution >= 0.6 is 0 Å². The number of carbonyl (C=O) groups is 2. The number of nitrogens with one attached hydrogen (secondary N) is 3. The lowest BCUT2D eigenvalue weighted by Gasteiger charge is -2.11. The minimum atomic E-state index is -0.280. The van der Waals surface area contributed by atoms with E-state index >= 15 is 0 Å². The van der Waals surface area contributed by atoms with Crippen LogP contribution in [-0.4, -0.2) is 38.5 Å². The highest BCUT2D eigenvalue weighted by atomic mass is 16.2. The molecule has 0 saturated heterocycles. The molecule has 136 valence electrons. The summed E-state index contributed by atoms with van der Waals surface area (Å²) in [5, 5.41) is 12.8. The van der Waals surface area contributed by atoms with Crippen molar-refractivity contribution in [1.82, 2.24) is 30.8 Å². The van der Waals surface area contributed by atoms with Gasteiger partial charge in [0.2, 0.25) is 5.91 Å². The van der Waals surface area contributed by atoms with E-state index in [4.69, 9.17) is 0 Å². The first-order valence-corrected chi connectivity index (χ1v) is 8.69. The molecular formula is C19H18N6O2. The van der Waals surface area contributed by atoms with Gasteiger partial charge >= 0.3 is 0 Å². The second-order valence-electron chi connectivity index (χ2n) is 6.26. The van der Waals surface area contributed by atoms with Crippen LogP contribution in [0.5, 0.6) is 0 Å². The van der Waals surface area contributed by atoms with Crippen molar-refractivity contribution in [3.63, 3.8) is 0 Å². The highest BCUT2D eigenvalue weighted by Crippen LogP contribution is 2.27. The van der Waals surface area contributed by atoms with E-state index in [1.165, 1.54) is 0 Å². The molecule has 0 radical (unpaired) electrons. The van der Waals surface area contributed by atoms with Gasteiger partial charge in [-0.05, 0) is 23.8 Å². The third-order valence-electron chi connectivity index (χ3n) is 4.43. The van der Waals surface area contributed by atoms with Crippen molar-refractivity contribution in [2.45, 2.75) is 18.9 Å². The second-order valence-corrected chi connectivity index (χ2v) is 6.26. The van der Waals surface area contributed by atoms with Gasteiger partial charge < -0.3 is 10.6 Å². The molecule has 1 aliphatic rings. The highest BCUT2D eigenvalue weighted by molar-refractivity contribution is 5.99. The zero-order valence-corrected chi connectivity index (χ0v) is 14.5. The number of benzene rings is 1. The Morgan fingerprint density at radius 2 is 1.96 bits per heavy atom. The molecule has 0 saturated carbocycles. The molecule has 4 rings (SSSR count). The lowest BCUT2D eigenvalue weighted by Crippen LogP contribution is -2.30. The monoisotopic (exact) mass is 362 g/mol. The molecule has 1 aliphatic heterocycles. The Morgan fingerprint density at radius 3 is 2.81 bits per heavy atom. The molecule has 3 heterocycles. The van der Waals surface area contributed by atoms with Crippen LogP contribution in [0, 0.1) is 0 Å². The molecule has 2 amide bonds. The average Bonchev–Trinajstić information content (AvgIpc) is 3.28. The first kappa shape index (κ1) is 16.9.